The molecule has 3 nitrogen and oxygen atoms in total. The molecule has 0 radical (unpaired) electrons. The minimum absolute atomic E-state index is 0.207. The summed E-state index contributed by atoms with van der Waals surface area (Å²) in [6, 6.07) is 18.8. The van der Waals surface area contributed by atoms with Crippen molar-refractivity contribution in [2.24, 2.45) is 0 Å². The van der Waals surface area contributed by atoms with E-state index in [-0.39, 0.29) is 12.4 Å². The number of nitrogens with zero attached hydrogens (tertiary/aromatic N) is 1. The van der Waals surface area contributed by atoms with Gasteiger partial charge in [0, 0.05) is 10.6 Å². The van der Waals surface area contributed by atoms with Gasteiger partial charge in [-0.25, -0.2) is 4.39 Å². The summed E-state index contributed by atoms with van der Waals surface area (Å²) in [5.41, 5.74) is 2.50. The van der Waals surface area contributed by atoms with E-state index >= 15 is 0 Å². The topological polar surface area (TPSA) is 42.2 Å². The van der Waals surface area contributed by atoms with Crippen molar-refractivity contribution < 1.29 is 13.9 Å². The van der Waals surface area contributed by atoms with E-state index in [0.29, 0.717) is 44.9 Å². The molecule has 3 rings (SSSR count). The first-order valence-corrected chi connectivity index (χ1v) is 9.97. The molecule has 0 aliphatic rings. The van der Waals surface area contributed by atoms with Crippen LogP contribution in [0.2, 0.25) is 10.0 Å². The largest absolute Gasteiger partial charge is 0.490 e. The lowest BCUT2D eigenvalue weighted by molar-refractivity contribution is 0.269. The van der Waals surface area contributed by atoms with Crippen molar-refractivity contribution in [3.05, 3.63) is 93.2 Å². The molecular formula is C24H18Cl2FNO2. The molecule has 0 fully saturated rings. The van der Waals surface area contributed by atoms with Crippen molar-refractivity contribution in [2.75, 3.05) is 6.61 Å². The van der Waals surface area contributed by atoms with Gasteiger partial charge in [0.15, 0.2) is 11.5 Å². The summed E-state index contributed by atoms with van der Waals surface area (Å²) < 4.78 is 24.6. The second-order valence-electron chi connectivity index (χ2n) is 6.33. The second-order valence-corrected chi connectivity index (χ2v) is 7.14. The van der Waals surface area contributed by atoms with Crippen LogP contribution < -0.4 is 9.47 Å². The predicted octanol–water partition coefficient (Wildman–Crippen LogP) is 7.17. The zero-order valence-electron chi connectivity index (χ0n) is 16.2. The van der Waals surface area contributed by atoms with Gasteiger partial charge in [0.25, 0.3) is 0 Å². The number of ether oxygens (including phenoxy) is 2. The molecule has 0 N–H and O–H groups in total. The van der Waals surface area contributed by atoms with E-state index in [0.717, 1.165) is 5.56 Å². The van der Waals surface area contributed by atoms with E-state index in [2.05, 4.69) is 6.07 Å². The van der Waals surface area contributed by atoms with Gasteiger partial charge < -0.3 is 9.47 Å². The van der Waals surface area contributed by atoms with Gasteiger partial charge in [-0.3, -0.25) is 0 Å². The Kier molecular flexibility index (Phi) is 7.35. The smallest absolute Gasteiger partial charge is 0.180 e. The van der Waals surface area contributed by atoms with Crippen molar-refractivity contribution in [3.8, 4) is 17.6 Å². The second kappa shape index (κ2) is 10.2. The van der Waals surface area contributed by atoms with Crippen LogP contribution in [0.4, 0.5) is 4.39 Å². The number of benzene rings is 3. The summed E-state index contributed by atoms with van der Waals surface area (Å²) in [7, 11) is 0. The van der Waals surface area contributed by atoms with E-state index < -0.39 is 0 Å². The average Bonchev–Trinajstić information content (AvgIpc) is 2.73. The van der Waals surface area contributed by atoms with Crippen molar-refractivity contribution >= 4 is 34.9 Å². The highest BCUT2D eigenvalue weighted by Gasteiger charge is 2.14. The van der Waals surface area contributed by atoms with Crippen molar-refractivity contribution in [1.82, 2.24) is 0 Å². The SMILES string of the molecule is CCOc1cc(C=C(C#N)c2ccccc2Cl)cc(Cl)c1OCc1ccc(F)cc1. The van der Waals surface area contributed by atoms with E-state index in [1.54, 1.807) is 48.5 Å². The van der Waals surface area contributed by atoms with Crippen LogP contribution in [0.1, 0.15) is 23.6 Å². The fourth-order valence-electron chi connectivity index (χ4n) is 2.83. The van der Waals surface area contributed by atoms with Crippen LogP contribution in [0, 0.1) is 17.1 Å². The summed E-state index contributed by atoms with van der Waals surface area (Å²) >= 11 is 12.7. The molecule has 6 heteroatoms. The van der Waals surface area contributed by atoms with E-state index in [1.165, 1.54) is 12.1 Å². The first-order chi connectivity index (χ1) is 14.5. The number of rotatable bonds is 7. The Hall–Kier alpha value is -3.00. The number of hydrogen-bond acceptors (Lipinski definition) is 3. The lowest BCUT2D eigenvalue weighted by atomic mass is 10.0. The van der Waals surface area contributed by atoms with Gasteiger partial charge in [-0.05, 0) is 54.5 Å². The lowest BCUT2D eigenvalue weighted by Gasteiger charge is -2.15. The first kappa shape index (κ1) is 21.7. The first-order valence-electron chi connectivity index (χ1n) is 9.22. The lowest BCUT2D eigenvalue weighted by Crippen LogP contribution is -2.01. The number of nitriles is 1. The van der Waals surface area contributed by atoms with Gasteiger partial charge in [0.1, 0.15) is 12.4 Å². The fourth-order valence-corrected chi connectivity index (χ4v) is 3.34. The Balaban J connectivity index is 1.93. The van der Waals surface area contributed by atoms with Gasteiger partial charge >= 0.3 is 0 Å². The number of allylic oxidation sites excluding steroid dienone is 1. The third-order valence-corrected chi connectivity index (χ3v) is 4.83. The Morgan fingerprint density at radius 1 is 1.03 bits per heavy atom. The monoisotopic (exact) mass is 441 g/mol. The molecule has 0 heterocycles. The minimum atomic E-state index is -0.310. The van der Waals surface area contributed by atoms with Crippen molar-refractivity contribution in [2.45, 2.75) is 13.5 Å². The van der Waals surface area contributed by atoms with E-state index in [9.17, 15) is 9.65 Å². The molecule has 0 atom stereocenters. The summed E-state index contributed by atoms with van der Waals surface area (Å²) in [6.45, 7) is 2.47. The standard InChI is InChI=1S/C24H18Cl2FNO2/c1-2-29-23-13-17(11-18(14-28)20-5-3-4-6-21(20)25)12-22(26)24(23)30-15-16-7-9-19(27)10-8-16/h3-13H,2,15H2,1H3. The highest BCUT2D eigenvalue weighted by Crippen LogP contribution is 2.38. The summed E-state index contributed by atoms with van der Waals surface area (Å²) in [5, 5.41) is 10.4. The van der Waals surface area contributed by atoms with Gasteiger partial charge in [-0.15, -0.1) is 0 Å². The molecule has 0 aliphatic carbocycles. The predicted molar refractivity (Wildman–Crippen MR) is 118 cm³/mol. The molecule has 0 aliphatic heterocycles. The van der Waals surface area contributed by atoms with Gasteiger partial charge in [-0.1, -0.05) is 53.5 Å². The fraction of sp³-hybridized carbons (Fsp3) is 0.125. The Morgan fingerprint density at radius 2 is 1.77 bits per heavy atom. The van der Waals surface area contributed by atoms with Gasteiger partial charge in [-0.2, -0.15) is 5.26 Å². The zero-order valence-corrected chi connectivity index (χ0v) is 17.7. The molecule has 0 amide bonds. The van der Waals surface area contributed by atoms with E-state index in [4.69, 9.17) is 32.7 Å². The third-order valence-electron chi connectivity index (χ3n) is 4.22. The van der Waals surface area contributed by atoms with Crippen molar-refractivity contribution in [1.29, 1.82) is 5.26 Å². The van der Waals surface area contributed by atoms with Gasteiger partial charge in [0.2, 0.25) is 0 Å². The molecule has 0 unspecified atom stereocenters. The minimum Gasteiger partial charge on any atom is -0.490 e. The normalized spacial score (nSPS) is 11.1. The molecule has 0 spiro atoms. The number of hydrogen-bond donors (Lipinski definition) is 0. The Bertz CT molecular complexity index is 1110. The van der Waals surface area contributed by atoms with Crippen LogP contribution >= 0.6 is 23.2 Å². The number of halogens is 3. The van der Waals surface area contributed by atoms with Crippen LogP contribution in [0.25, 0.3) is 11.6 Å². The van der Waals surface area contributed by atoms with Crippen LogP contribution in [-0.4, -0.2) is 6.61 Å². The Labute approximate surface area is 184 Å². The molecule has 0 saturated heterocycles. The molecule has 152 valence electrons. The maximum Gasteiger partial charge on any atom is 0.180 e. The van der Waals surface area contributed by atoms with Crippen LogP contribution in [0.5, 0.6) is 11.5 Å². The molecule has 3 aromatic carbocycles. The molecule has 3 aromatic rings. The van der Waals surface area contributed by atoms with Crippen molar-refractivity contribution in [3.63, 3.8) is 0 Å². The maximum atomic E-state index is 13.1. The third kappa shape index (κ3) is 5.33. The summed E-state index contributed by atoms with van der Waals surface area (Å²) in [6.07, 6.45) is 1.69. The van der Waals surface area contributed by atoms with Crippen LogP contribution in [-0.2, 0) is 6.61 Å². The highest BCUT2D eigenvalue weighted by atomic mass is 35.5. The molecular weight excluding hydrogens is 424 g/mol. The molecule has 0 aromatic heterocycles. The van der Waals surface area contributed by atoms with E-state index in [1.807, 2.05) is 13.0 Å². The molecule has 30 heavy (non-hydrogen) atoms. The zero-order chi connectivity index (χ0) is 21.5. The quantitative estimate of drug-likeness (QED) is 0.288. The Morgan fingerprint density at radius 3 is 2.43 bits per heavy atom. The van der Waals surface area contributed by atoms with Crippen LogP contribution in [0.3, 0.4) is 0 Å². The summed E-state index contributed by atoms with van der Waals surface area (Å²) in [4.78, 5) is 0. The average molecular weight is 442 g/mol. The molecule has 0 bridgehead atoms. The molecule has 0 saturated carbocycles. The highest BCUT2D eigenvalue weighted by molar-refractivity contribution is 6.33. The van der Waals surface area contributed by atoms with Crippen LogP contribution in [0.15, 0.2) is 60.7 Å². The maximum absolute atomic E-state index is 13.1. The summed E-state index contributed by atoms with van der Waals surface area (Å²) in [5.74, 6) is 0.529. The van der Waals surface area contributed by atoms with Gasteiger partial charge in [0.05, 0.1) is 23.3 Å².